The maximum absolute atomic E-state index is 14.3. The molecule has 0 radical (unpaired) electrons. The first-order valence-electron chi connectivity index (χ1n) is 9.45. The number of ether oxygens (including phenoxy) is 2. The van der Waals surface area contributed by atoms with Crippen molar-refractivity contribution in [1.82, 2.24) is 9.55 Å². The van der Waals surface area contributed by atoms with Crippen molar-refractivity contribution in [2.75, 3.05) is 12.4 Å². The summed E-state index contributed by atoms with van der Waals surface area (Å²) in [5.41, 5.74) is 1.80. The third-order valence-electron chi connectivity index (χ3n) is 4.84. The molecule has 3 aromatic rings. The Bertz CT molecular complexity index is 1060. The monoisotopic (exact) mass is 395 g/mol. The fraction of sp³-hybridized carbons (Fsp3) is 0.273. The van der Waals surface area contributed by atoms with Crippen molar-refractivity contribution in [3.63, 3.8) is 0 Å². The van der Waals surface area contributed by atoms with E-state index in [1.165, 1.54) is 12.4 Å². The van der Waals surface area contributed by atoms with E-state index < -0.39 is 5.82 Å². The molecule has 1 unspecified atom stereocenters. The first-order chi connectivity index (χ1) is 14.0. The van der Waals surface area contributed by atoms with Gasteiger partial charge >= 0.3 is 0 Å². The summed E-state index contributed by atoms with van der Waals surface area (Å²) in [7, 11) is 1.58. The van der Waals surface area contributed by atoms with Crippen molar-refractivity contribution in [2.24, 2.45) is 0 Å². The number of rotatable bonds is 5. The number of hydrogen-bond acceptors (Lipinski definition) is 4. The van der Waals surface area contributed by atoms with Crippen molar-refractivity contribution < 1.29 is 18.7 Å². The summed E-state index contributed by atoms with van der Waals surface area (Å²) in [6.07, 6.45) is 1.67. The Balaban J connectivity index is 1.86. The summed E-state index contributed by atoms with van der Waals surface area (Å²) in [5.74, 6) is 0.756. The molecule has 1 amide bonds. The maximum atomic E-state index is 14.3. The number of hydrogen-bond donors (Lipinski definition) is 1. The number of fused-ring (bicyclic) bond motifs is 1. The summed E-state index contributed by atoms with van der Waals surface area (Å²) >= 11 is 0. The van der Waals surface area contributed by atoms with Crippen LogP contribution in [0.2, 0.25) is 0 Å². The zero-order chi connectivity index (χ0) is 20.5. The molecule has 150 valence electrons. The van der Waals surface area contributed by atoms with Crippen LogP contribution in [0.5, 0.6) is 11.5 Å². The van der Waals surface area contributed by atoms with E-state index in [0.29, 0.717) is 28.7 Å². The van der Waals surface area contributed by atoms with E-state index in [1.807, 2.05) is 32.0 Å². The number of nitrogens with one attached hydrogen (secondary N) is 1. The number of methoxy groups -OCH3 is 1. The molecule has 1 aliphatic rings. The molecule has 1 atom stereocenters. The van der Waals surface area contributed by atoms with E-state index in [2.05, 4.69) is 10.3 Å². The molecule has 0 spiro atoms. The number of amides is 1. The molecule has 2 aromatic carbocycles. The Hall–Kier alpha value is -3.35. The van der Waals surface area contributed by atoms with Crippen LogP contribution in [0, 0.1) is 5.82 Å². The first kappa shape index (κ1) is 19.0. The predicted molar refractivity (Wildman–Crippen MR) is 107 cm³/mol. The summed E-state index contributed by atoms with van der Waals surface area (Å²) in [5, 5.41) is 2.85. The summed E-state index contributed by atoms with van der Waals surface area (Å²) in [6.45, 7) is 3.87. The van der Waals surface area contributed by atoms with E-state index in [4.69, 9.17) is 9.47 Å². The Morgan fingerprint density at radius 2 is 2.00 bits per heavy atom. The van der Waals surface area contributed by atoms with E-state index in [9.17, 15) is 9.18 Å². The number of anilines is 1. The van der Waals surface area contributed by atoms with E-state index in [-0.39, 0.29) is 24.3 Å². The third kappa shape index (κ3) is 3.44. The van der Waals surface area contributed by atoms with E-state index >= 15 is 0 Å². The van der Waals surface area contributed by atoms with Gasteiger partial charge in [-0.05, 0) is 32.0 Å². The number of carbonyl (C=O) groups excluding carboxylic acids is 1. The fourth-order valence-electron chi connectivity index (χ4n) is 3.62. The van der Waals surface area contributed by atoms with Gasteiger partial charge < -0.3 is 14.8 Å². The number of imidazole rings is 1. The highest BCUT2D eigenvalue weighted by molar-refractivity contribution is 5.94. The highest BCUT2D eigenvalue weighted by atomic mass is 19.1. The second-order valence-corrected chi connectivity index (χ2v) is 7.15. The molecule has 1 aliphatic heterocycles. The number of benzene rings is 2. The lowest BCUT2D eigenvalue weighted by Gasteiger charge is -2.26. The molecule has 0 aliphatic carbocycles. The minimum atomic E-state index is -0.394. The predicted octanol–water partition coefficient (Wildman–Crippen LogP) is 4.28. The minimum Gasteiger partial charge on any atom is -0.493 e. The summed E-state index contributed by atoms with van der Waals surface area (Å²) < 4.78 is 27.4. The molecule has 0 saturated heterocycles. The second kappa shape index (κ2) is 7.58. The molecule has 2 heterocycles. The zero-order valence-electron chi connectivity index (χ0n) is 16.5. The van der Waals surface area contributed by atoms with Crippen LogP contribution in [-0.4, -0.2) is 28.7 Å². The van der Waals surface area contributed by atoms with Gasteiger partial charge in [0.15, 0.2) is 11.5 Å². The largest absolute Gasteiger partial charge is 0.493 e. The quantitative estimate of drug-likeness (QED) is 0.700. The molecular weight excluding hydrogens is 373 g/mol. The average Bonchev–Trinajstić information content (AvgIpc) is 3.11. The standard InChI is InChI=1S/C22H22FN3O3/c1-13(2)29-21-14(7-6-10-18(21)28-3)15-11-19(27)25-22-20(15)24-12-26(22)17-9-5-4-8-16(17)23/h4-10,12-13,15H,11H2,1-3H3,(H,25,27). The smallest absolute Gasteiger partial charge is 0.226 e. The van der Waals surface area contributed by atoms with Crippen molar-refractivity contribution in [3.8, 4) is 17.2 Å². The van der Waals surface area contributed by atoms with Crippen LogP contribution in [0.3, 0.4) is 0 Å². The molecule has 0 bridgehead atoms. The Morgan fingerprint density at radius 3 is 2.72 bits per heavy atom. The number of carbonyl (C=O) groups is 1. The van der Waals surface area contributed by atoms with Crippen LogP contribution in [0.15, 0.2) is 48.8 Å². The van der Waals surface area contributed by atoms with Gasteiger partial charge in [-0.3, -0.25) is 9.36 Å². The van der Waals surface area contributed by atoms with Crippen LogP contribution in [0.4, 0.5) is 10.2 Å². The first-order valence-corrected chi connectivity index (χ1v) is 9.45. The van der Waals surface area contributed by atoms with Crippen molar-refractivity contribution in [1.29, 1.82) is 0 Å². The maximum Gasteiger partial charge on any atom is 0.226 e. The van der Waals surface area contributed by atoms with Crippen molar-refractivity contribution in [2.45, 2.75) is 32.3 Å². The topological polar surface area (TPSA) is 65.4 Å². The zero-order valence-corrected chi connectivity index (χ0v) is 16.5. The van der Waals surface area contributed by atoms with E-state index in [0.717, 1.165) is 5.56 Å². The van der Waals surface area contributed by atoms with Gasteiger partial charge in [-0.2, -0.15) is 0 Å². The van der Waals surface area contributed by atoms with Gasteiger partial charge in [-0.25, -0.2) is 9.37 Å². The lowest BCUT2D eigenvalue weighted by molar-refractivity contribution is -0.116. The average molecular weight is 395 g/mol. The second-order valence-electron chi connectivity index (χ2n) is 7.15. The highest BCUT2D eigenvalue weighted by Crippen LogP contribution is 2.44. The van der Waals surface area contributed by atoms with Crippen LogP contribution in [-0.2, 0) is 4.79 Å². The number of aromatic nitrogens is 2. The summed E-state index contributed by atoms with van der Waals surface area (Å²) in [4.78, 5) is 17.1. The molecule has 29 heavy (non-hydrogen) atoms. The van der Waals surface area contributed by atoms with Gasteiger partial charge in [0.1, 0.15) is 18.0 Å². The van der Waals surface area contributed by atoms with Crippen molar-refractivity contribution >= 4 is 11.7 Å². The molecular formula is C22H22FN3O3. The molecule has 0 saturated carbocycles. The lowest BCUT2D eigenvalue weighted by atomic mass is 9.89. The van der Waals surface area contributed by atoms with Crippen LogP contribution < -0.4 is 14.8 Å². The third-order valence-corrected chi connectivity index (χ3v) is 4.84. The van der Waals surface area contributed by atoms with Gasteiger partial charge in [0.05, 0.1) is 24.6 Å². The van der Waals surface area contributed by atoms with Gasteiger partial charge in [-0.15, -0.1) is 0 Å². The van der Waals surface area contributed by atoms with Crippen LogP contribution in [0.25, 0.3) is 5.69 Å². The highest BCUT2D eigenvalue weighted by Gasteiger charge is 2.34. The number of halogens is 1. The van der Waals surface area contributed by atoms with Gasteiger partial charge in [0, 0.05) is 17.9 Å². The minimum absolute atomic E-state index is 0.0714. The van der Waals surface area contributed by atoms with Gasteiger partial charge in [-0.1, -0.05) is 24.3 Å². The molecule has 6 nitrogen and oxygen atoms in total. The van der Waals surface area contributed by atoms with Gasteiger partial charge in [0.2, 0.25) is 5.91 Å². The Morgan fingerprint density at radius 1 is 1.21 bits per heavy atom. The van der Waals surface area contributed by atoms with Gasteiger partial charge in [0.25, 0.3) is 0 Å². The Labute approximate surface area is 168 Å². The fourth-order valence-corrected chi connectivity index (χ4v) is 3.62. The number of para-hydroxylation sites is 2. The van der Waals surface area contributed by atoms with Crippen molar-refractivity contribution in [3.05, 3.63) is 65.9 Å². The van der Waals surface area contributed by atoms with E-state index in [1.54, 1.807) is 29.9 Å². The molecule has 1 N–H and O–H groups in total. The SMILES string of the molecule is COc1cccc(C2CC(=O)Nc3c2ncn3-c2ccccc2F)c1OC(C)C. The summed E-state index contributed by atoms with van der Waals surface area (Å²) in [6, 6.07) is 12.0. The molecule has 4 rings (SSSR count). The normalized spacial score (nSPS) is 15.8. The number of nitrogens with zero attached hydrogens (tertiary/aromatic N) is 2. The van der Waals surface area contributed by atoms with Crippen LogP contribution in [0.1, 0.15) is 37.4 Å². The Kier molecular flexibility index (Phi) is 4.96. The molecule has 7 heteroatoms. The van der Waals surface area contributed by atoms with Crippen LogP contribution >= 0.6 is 0 Å². The molecule has 1 aromatic heterocycles. The lowest BCUT2D eigenvalue weighted by Crippen LogP contribution is -2.25. The molecule has 0 fully saturated rings.